The molecule has 0 bridgehead atoms. The Hall–Kier alpha value is -5.13. The number of benzene rings is 2. The Bertz CT molecular complexity index is 1920. The Morgan fingerprint density at radius 3 is 2.40 bits per heavy atom. The summed E-state index contributed by atoms with van der Waals surface area (Å²) < 4.78 is 53.4. The first-order valence-corrected chi connectivity index (χ1v) is 14.6. The molecule has 5 aromatic rings. The lowest BCUT2D eigenvalue weighted by Gasteiger charge is -2.16. The van der Waals surface area contributed by atoms with E-state index in [9.17, 15) is 27.6 Å². The van der Waals surface area contributed by atoms with Gasteiger partial charge in [0.2, 0.25) is 0 Å². The Balaban J connectivity index is 1.42. The van der Waals surface area contributed by atoms with Crippen molar-refractivity contribution in [3.05, 3.63) is 111 Å². The Kier molecular flexibility index (Phi) is 8.05. The fourth-order valence-electron chi connectivity index (χ4n) is 5.67. The van der Waals surface area contributed by atoms with Crippen LogP contribution in [-0.4, -0.2) is 32.8 Å². The highest BCUT2D eigenvalue weighted by Crippen LogP contribution is 2.35. The van der Waals surface area contributed by atoms with Crippen molar-refractivity contribution in [3.63, 3.8) is 0 Å². The van der Waals surface area contributed by atoms with Gasteiger partial charge in [0.1, 0.15) is 5.76 Å². The standard InChI is InChI=1S/C33H29F3N4O5/c1-2-44-32(43)27-25(15-8-20-6-13-23(14-7-20)33(34,35)36)38-29-28(31(42)40-17-4-16-39(29)40)26(27)21-9-11-22(12-10-21)30(41)37-19-24-5-3-18-45-24/h3,5-7,9-14,18H,2,4,8,15-17,19H2,1H3,(H,37,41). The predicted octanol–water partition coefficient (Wildman–Crippen LogP) is 5.77. The molecule has 3 aromatic heterocycles. The van der Waals surface area contributed by atoms with E-state index in [4.69, 9.17) is 14.1 Å². The van der Waals surface area contributed by atoms with Gasteiger partial charge in [-0.05, 0) is 73.7 Å². The number of carbonyl (C=O) groups excluding carboxylic acids is 2. The zero-order valence-corrected chi connectivity index (χ0v) is 24.3. The van der Waals surface area contributed by atoms with Crippen molar-refractivity contribution in [1.29, 1.82) is 0 Å². The topological polar surface area (TPSA) is 108 Å². The Morgan fingerprint density at radius 2 is 1.73 bits per heavy atom. The fourth-order valence-corrected chi connectivity index (χ4v) is 5.67. The first-order chi connectivity index (χ1) is 21.7. The molecule has 45 heavy (non-hydrogen) atoms. The lowest BCUT2D eigenvalue weighted by molar-refractivity contribution is -0.137. The van der Waals surface area contributed by atoms with Crippen LogP contribution in [0.15, 0.2) is 76.1 Å². The molecule has 12 heteroatoms. The summed E-state index contributed by atoms with van der Waals surface area (Å²) in [4.78, 5) is 44.9. The van der Waals surface area contributed by atoms with Gasteiger partial charge in [0, 0.05) is 24.2 Å². The van der Waals surface area contributed by atoms with Crippen molar-refractivity contribution in [2.24, 2.45) is 0 Å². The van der Waals surface area contributed by atoms with E-state index in [2.05, 4.69) is 5.32 Å². The third kappa shape index (κ3) is 5.87. The van der Waals surface area contributed by atoms with E-state index >= 15 is 0 Å². The van der Waals surface area contributed by atoms with E-state index in [-0.39, 0.29) is 42.0 Å². The van der Waals surface area contributed by atoms with Gasteiger partial charge in [-0.3, -0.25) is 14.3 Å². The van der Waals surface area contributed by atoms with Crippen LogP contribution in [0.1, 0.15) is 56.6 Å². The zero-order chi connectivity index (χ0) is 31.7. The van der Waals surface area contributed by atoms with Crippen LogP contribution in [0.5, 0.6) is 0 Å². The molecule has 1 N–H and O–H groups in total. The van der Waals surface area contributed by atoms with E-state index in [1.807, 2.05) is 0 Å². The van der Waals surface area contributed by atoms with Gasteiger partial charge in [-0.2, -0.15) is 13.2 Å². The van der Waals surface area contributed by atoms with Gasteiger partial charge in [0.05, 0.1) is 41.6 Å². The monoisotopic (exact) mass is 618 g/mol. The minimum Gasteiger partial charge on any atom is -0.467 e. The number of hydrogen-bond donors (Lipinski definition) is 1. The summed E-state index contributed by atoms with van der Waals surface area (Å²) in [7, 11) is 0. The van der Waals surface area contributed by atoms with E-state index < -0.39 is 17.7 Å². The van der Waals surface area contributed by atoms with Gasteiger partial charge in [-0.1, -0.05) is 24.3 Å². The predicted molar refractivity (Wildman–Crippen MR) is 159 cm³/mol. The molecule has 0 aliphatic carbocycles. The third-order valence-corrected chi connectivity index (χ3v) is 7.83. The summed E-state index contributed by atoms with van der Waals surface area (Å²) >= 11 is 0. The fraction of sp³-hybridized carbons (Fsp3) is 0.273. The van der Waals surface area contributed by atoms with E-state index in [1.165, 1.54) is 18.4 Å². The molecule has 0 unspecified atom stereocenters. The number of amides is 1. The molecule has 0 saturated carbocycles. The summed E-state index contributed by atoms with van der Waals surface area (Å²) in [5.74, 6) is -0.395. The number of aromatic nitrogens is 3. The lowest BCUT2D eigenvalue weighted by atomic mass is 9.93. The smallest absolute Gasteiger partial charge is 0.416 e. The van der Waals surface area contributed by atoms with E-state index in [0.29, 0.717) is 58.9 Å². The number of alkyl halides is 3. The number of fused-ring (bicyclic) bond motifs is 3. The van der Waals surface area contributed by atoms with Gasteiger partial charge >= 0.3 is 12.1 Å². The maximum absolute atomic E-state index is 13.7. The highest BCUT2D eigenvalue weighted by molar-refractivity contribution is 6.07. The molecule has 9 nitrogen and oxygen atoms in total. The molecule has 0 radical (unpaired) electrons. The molecule has 0 spiro atoms. The average Bonchev–Trinajstić information content (AvgIpc) is 3.78. The number of carbonyl (C=O) groups is 2. The van der Waals surface area contributed by atoms with Gasteiger partial charge < -0.3 is 14.5 Å². The van der Waals surface area contributed by atoms with Crippen molar-refractivity contribution in [2.45, 2.75) is 52.0 Å². The summed E-state index contributed by atoms with van der Waals surface area (Å²) in [5.41, 5.74) is 1.73. The number of pyridine rings is 1. The largest absolute Gasteiger partial charge is 0.467 e. The van der Waals surface area contributed by atoms with Crippen molar-refractivity contribution in [2.75, 3.05) is 6.61 Å². The Labute approximate surface area is 255 Å². The highest BCUT2D eigenvalue weighted by atomic mass is 19.4. The normalized spacial score (nSPS) is 12.8. The van der Waals surface area contributed by atoms with Gasteiger partial charge in [-0.15, -0.1) is 0 Å². The zero-order valence-electron chi connectivity index (χ0n) is 24.3. The van der Waals surface area contributed by atoms with Crippen molar-refractivity contribution < 1.29 is 31.9 Å². The molecule has 232 valence electrons. The molecule has 4 heterocycles. The number of nitrogens with zero attached hydrogens (tertiary/aromatic N) is 3. The number of aryl methyl sites for hydroxylation is 3. The second kappa shape index (κ2) is 12.1. The molecule has 0 atom stereocenters. The van der Waals surface area contributed by atoms with E-state index in [0.717, 1.165) is 18.6 Å². The van der Waals surface area contributed by atoms with Crippen molar-refractivity contribution in [3.8, 4) is 11.1 Å². The van der Waals surface area contributed by atoms with Gasteiger partial charge in [0.15, 0.2) is 5.65 Å². The van der Waals surface area contributed by atoms with Crippen molar-refractivity contribution >= 4 is 22.9 Å². The average molecular weight is 619 g/mol. The molecule has 1 aliphatic rings. The quantitative estimate of drug-likeness (QED) is 0.210. The number of furan rings is 1. The minimum atomic E-state index is -4.45. The molecule has 1 amide bonds. The molecular formula is C33H29F3N4O5. The van der Waals surface area contributed by atoms with Crippen LogP contribution >= 0.6 is 0 Å². The summed E-state index contributed by atoms with van der Waals surface area (Å²) in [5, 5.41) is 3.06. The van der Waals surface area contributed by atoms with Gasteiger partial charge in [-0.25, -0.2) is 14.5 Å². The third-order valence-electron chi connectivity index (χ3n) is 7.83. The SMILES string of the molecule is CCOC(=O)c1c(CCc2ccc(C(F)(F)F)cc2)nc2c(c1-c1ccc(C(=O)NCc3ccco3)cc1)c(=O)n1n2CCC1. The maximum atomic E-state index is 13.7. The number of halogens is 3. The van der Waals surface area contributed by atoms with Crippen LogP contribution in [0.4, 0.5) is 13.2 Å². The number of rotatable bonds is 9. The molecule has 0 fully saturated rings. The molecular weight excluding hydrogens is 589 g/mol. The number of esters is 1. The van der Waals surface area contributed by atoms with Crippen LogP contribution in [0, 0.1) is 0 Å². The van der Waals surface area contributed by atoms with Crippen molar-refractivity contribution in [1.82, 2.24) is 19.7 Å². The second-order valence-corrected chi connectivity index (χ2v) is 10.7. The van der Waals surface area contributed by atoms with Gasteiger partial charge in [0.25, 0.3) is 11.5 Å². The lowest BCUT2D eigenvalue weighted by Crippen LogP contribution is -2.22. The number of nitrogens with one attached hydrogen (secondary N) is 1. The highest BCUT2D eigenvalue weighted by Gasteiger charge is 2.31. The van der Waals surface area contributed by atoms with E-state index in [1.54, 1.807) is 52.7 Å². The van der Waals surface area contributed by atoms with Crippen LogP contribution in [0.2, 0.25) is 0 Å². The number of hydrogen-bond acceptors (Lipinski definition) is 6. The molecule has 2 aromatic carbocycles. The summed E-state index contributed by atoms with van der Waals surface area (Å²) in [6.07, 6.45) is -1.68. The molecule has 6 rings (SSSR count). The molecule has 1 aliphatic heterocycles. The number of ether oxygens (including phenoxy) is 1. The van der Waals surface area contributed by atoms with Crippen LogP contribution < -0.4 is 10.9 Å². The van der Waals surface area contributed by atoms with Crippen LogP contribution in [0.25, 0.3) is 22.2 Å². The minimum absolute atomic E-state index is 0.0781. The van der Waals surface area contributed by atoms with Crippen LogP contribution in [-0.2, 0) is 43.4 Å². The molecule has 0 saturated heterocycles. The first kappa shape index (κ1) is 29.9. The van der Waals surface area contributed by atoms with Crippen LogP contribution in [0.3, 0.4) is 0 Å². The first-order valence-electron chi connectivity index (χ1n) is 14.6. The Morgan fingerprint density at radius 1 is 1.00 bits per heavy atom. The summed E-state index contributed by atoms with van der Waals surface area (Å²) in [6, 6.07) is 14.9. The second-order valence-electron chi connectivity index (χ2n) is 10.7. The maximum Gasteiger partial charge on any atom is 0.416 e. The summed E-state index contributed by atoms with van der Waals surface area (Å²) in [6.45, 7) is 3.02.